The van der Waals surface area contributed by atoms with Gasteiger partial charge in [-0.25, -0.2) is 0 Å². The topological polar surface area (TPSA) is 61.7 Å². The van der Waals surface area contributed by atoms with Crippen molar-refractivity contribution in [2.45, 2.75) is 70.6 Å². The second kappa shape index (κ2) is 8.20. The summed E-state index contributed by atoms with van der Waals surface area (Å²) in [6, 6.07) is 0. The number of aliphatic hydroxyl groups excluding tert-OH is 2. The van der Waals surface area contributed by atoms with Crippen LogP contribution in [0.25, 0.3) is 0 Å². The first-order chi connectivity index (χ1) is 8.97. The molecule has 0 aromatic carbocycles. The molecule has 0 aromatic rings. The molecule has 0 radical (unpaired) electrons. The number of hydrogen-bond donors (Lipinski definition) is 3. The summed E-state index contributed by atoms with van der Waals surface area (Å²) >= 11 is 0. The molecule has 19 heavy (non-hydrogen) atoms. The highest BCUT2D eigenvalue weighted by molar-refractivity contribution is 4.92. The Morgan fingerprint density at radius 3 is 2.37 bits per heavy atom. The van der Waals surface area contributed by atoms with Crippen LogP contribution < -0.4 is 5.32 Å². The minimum absolute atomic E-state index is 0.157. The molecule has 4 heteroatoms. The summed E-state index contributed by atoms with van der Waals surface area (Å²) in [5.74, 6) is 0.612. The van der Waals surface area contributed by atoms with E-state index >= 15 is 0 Å². The van der Waals surface area contributed by atoms with Crippen molar-refractivity contribution in [2.75, 3.05) is 19.8 Å². The number of ether oxygens (including phenoxy) is 1. The summed E-state index contributed by atoms with van der Waals surface area (Å²) in [5, 5.41) is 22.7. The van der Waals surface area contributed by atoms with Crippen LogP contribution in [-0.2, 0) is 4.74 Å². The molecule has 1 saturated carbocycles. The fourth-order valence-electron chi connectivity index (χ4n) is 2.84. The lowest BCUT2D eigenvalue weighted by Gasteiger charge is -2.29. The molecule has 0 spiro atoms. The van der Waals surface area contributed by atoms with E-state index in [1.54, 1.807) is 0 Å². The van der Waals surface area contributed by atoms with Crippen molar-refractivity contribution in [3.63, 3.8) is 0 Å². The maximum atomic E-state index is 9.93. The van der Waals surface area contributed by atoms with Gasteiger partial charge < -0.3 is 20.3 Å². The lowest BCUT2D eigenvalue weighted by molar-refractivity contribution is -0.0122. The summed E-state index contributed by atoms with van der Waals surface area (Å²) < 4.78 is 5.64. The number of nitrogens with one attached hydrogen (secondary N) is 1. The fraction of sp³-hybridized carbons (Fsp3) is 1.00. The van der Waals surface area contributed by atoms with Crippen molar-refractivity contribution < 1.29 is 14.9 Å². The molecule has 4 nitrogen and oxygen atoms in total. The maximum absolute atomic E-state index is 9.93. The minimum atomic E-state index is -0.501. The Bertz CT molecular complexity index is 240. The summed E-state index contributed by atoms with van der Waals surface area (Å²) in [7, 11) is 0. The summed E-state index contributed by atoms with van der Waals surface area (Å²) in [6.45, 7) is 7.40. The van der Waals surface area contributed by atoms with Gasteiger partial charge in [0.2, 0.25) is 0 Å². The molecule has 0 aromatic heterocycles. The van der Waals surface area contributed by atoms with E-state index in [9.17, 15) is 10.2 Å². The third kappa shape index (κ3) is 6.21. The smallest absolute Gasteiger partial charge is 0.0898 e. The van der Waals surface area contributed by atoms with E-state index in [2.05, 4.69) is 19.2 Å². The van der Waals surface area contributed by atoms with Gasteiger partial charge in [-0.3, -0.25) is 0 Å². The lowest BCUT2D eigenvalue weighted by atomic mass is 9.99. The van der Waals surface area contributed by atoms with Crippen LogP contribution in [0.5, 0.6) is 0 Å². The lowest BCUT2D eigenvalue weighted by Crippen LogP contribution is -2.49. The van der Waals surface area contributed by atoms with Crippen LogP contribution in [0.3, 0.4) is 0 Å². The van der Waals surface area contributed by atoms with Gasteiger partial charge in [-0.15, -0.1) is 0 Å². The van der Waals surface area contributed by atoms with Crippen LogP contribution in [0.2, 0.25) is 0 Å². The molecule has 3 N–H and O–H groups in total. The zero-order chi connectivity index (χ0) is 14.3. The first kappa shape index (κ1) is 16.9. The number of rotatable bonds is 9. The van der Waals surface area contributed by atoms with E-state index in [0.29, 0.717) is 19.1 Å². The Morgan fingerprint density at radius 1 is 1.21 bits per heavy atom. The summed E-state index contributed by atoms with van der Waals surface area (Å²) in [4.78, 5) is 0. The van der Waals surface area contributed by atoms with E-state index in [4.69, 9.17) is 4.74 Å². The van der Waals surface area contributed by atoms with Crippen molar-refractivity contribution in [3.8, 4) is 0 Å². The predicted octanol–water partition coefficient (Wildman–Crippen LogP) is 1.69. The molecule has 2 unspecified atom stereocenters. The summed E-state index contributed by atoms with van der Waals surface area (Å²) in [6.07, 6.45) is 5.02. The van der Waals surface area contributed by atoms with Crippen LogP contribution in [0.1, 0.15) is 52.9 Å². The number of β-amino-alcohol motifs (C(OH)–C–C–N with tert-alkyl or cyclic N) is 1. The maximum Gasteiger partial charge on any atom is 0.0898 e. The van der Waals surface area contributed by atoms with Crippen molar-refractivity contribution in [1.29, 1.82) is 0 Å². The molecule has 0 amide bonds. The van der Waals surface area contributed by atoms with Gasteiger partial charge in [0.1, 0.15) is 0 Å². The third-order valence-corrected chi connectivity index (χ3v) is 3.95. The Kier molecular flexibility index (Phi) is 7.29. The molecular formula is C15H31NO3. The molecule has 0 aliphatic heterocycles. The average molecular weight is 273 g/mol. The Labute approximate surface area is 117 Å². The average Bonchev–Trinajstić information content (AvgIpc) is 2.82. The molecular weight excluding hydrogens is 242 g/mol. The molecule has 0 bridgehead atoms. The van der Waals surface area contributed by atoms with E-state index in [-0.39, 0.29) is 18.2 Å². The van der Waals surface area contributed by atoms with Gasteiger partial charge in [-0.1, -0.05) is 26.7 Å². The van der Waals surface area contributed by atoms with Crippen molar-refractivity contribution in [1.82, 2.24) is 5.32 Å². The van der Waals surface area contributed by atoms with Crippen LogP contribution in [0.15, 0.2) is 0 Å². The third-order valence-electron chi connectivity index (χ3n) is 3.95. The highest BCUT2D eigenvalue weighted by atomic mass is 16.5. The molecule has 0 saturated heterocycles. The van der Waals surface area contributed by atoms with Gasteiger partial charge in [0, 0.05) is 12.1 Å². The molecule has 114 valence electrons. The normalized spacial score (nSPS) is 21.8. The van der Waals surface area contributed by atoms with E-state index in [1.165, 1.54) is 0 Å². The van der Waals surface area contributed by atoms with Gasteiger partial charge in [0.05, 0.1) is 25.4 Å². The zero-order valence-corrected chi connectivity index (χ0v) is 12.7. The van der Waals surface area contributed by atoms with Crippen LogP contribution in [0.4, 0.5) is 0 Å². The highest BCUT2D eigenvalue weighted by Gasteiger charge is 2.32. The van der Waals surface area contributed by atoms with Crippen molar-refractivity contribution >= 4 is 0 Å². The van der Waals surface area contributed by atoms with Crippen LogP contribution >= 0.6 is 0 Å². The van der Waals surface area contributed by atoms with E-state index in [1.807, 2.05) is 6.92 Å². The molecule has 2 atom stereocenters. The second-order valence-corrected chi connectivity index (χ2v) is 6.45. The van der Waals surface area contributed by atoms with Crippen molar-refractivity contribution in [3.05, 3.63) is 0 Å². The van der Waals surface area contributed by atoms with Gasteiger partial charge in [-0.05, 0) is 32.1 Å². The molecule has 1 aliphatic carbocycles. The van der Waals surface area contributed by atoms with Crippen LogP contribution in [-0.4, -0.2) is 47.7 Å². The zero-order valence-electron chi connectivity index (χ0n) is 12.7. The quantitative estimate of drug-likeness (QED) is 0.598. The monoisotopic (exact) mass is 273 g/mol. The molecule has 1 fully saturated rings. The van der Waals surface area contributed by atoms with E-state index < -0.39 is 6.10 Å². The Balaban J connectivity index is 2.18. The van der Waals surface area contributed by atoms with Crippen molar-refractivity contribution in [2.24, 2.45) is 5.92 Å². The van der Waals surface area contributed by atoms with Gasteiger partial charge >= 0.3 is 0 Å². The second-order valence-electron chi connectivity index (χ2n) is 6.45. The fourth-order valence-corrected chi connectivity index (χ4v) is 2.84. The van der Waals surface area contributed by atoms with E-state index in [0.717, 1.165) is 32.1 Å². The summed E-state index contributed by atoms with van der Waals surface area (Å²) in [5.41, 5.74) is -0.162. The molecule has 0 heterocycles. The number of aliphatic hydroxyl groups is 2. The Hall–Kier alpha value is -0.160. The number of hydrogen-bond acceptors (Lipinski definition) is 4. The SMILES string of the molecule is CC(C)CC(C)OCC(O)CNC1(CO)CCCC1. The first-order valence-corrected chi connectivity index (χ1v) is 7.63. The molecule has 1 aliphatic rings. The first-order valence-electron chi connectivity index (χ1n) is 7.63. The largest absolute Gasteiger partial charge is 0.394 e. The van der Waals surface area contributed by atoms with Crippen LogP contribution in [0, 0.1) is 5.92 Å². The molecule has 1 rings (SSSR count). The predicted molar refractivity (Wildman–Crippen MR) is 77.2 cm³/mol. The Morgan fingerprint density at radius 2 is 1.84 bits per heavy atom. The highest BCUT2D eigenvalue weighted by Crippen LogP contribution is 2.28. The minimum Gasteiger partial charge on any atom is -0.394 e. The van der Waals surface area contributed by atoms with Gasteiger partial charge in [-0.2, -0.15) is 0 Å². The standard InChI is InChI=1S/C15H31NO3/c1-12(2)8-13(3)19-10-14(18)9-16-15(11-17)6-4-5-7-15/h12-14,16-18H,4-11H2,1-3H3. The van der Waals surface area contributed by atoms with Gasteiger partial charge in [0.15, 0.2) is 0 Å². The van der Waals surface area contributed by atoms with Gasteiger partial charge in [0.25, 0.3) is 0 Å².